The van der Waals surface area contributed by atoms with Crippen LogP contribution < -0.4 is 10.0 Å². The van der Waals surface area contributed by atoms with Gasteiger partial charge in [0.05, 0.1) is 5.69 Å². The zero-order valence-electron chi connectivity index (χ0n) is 9.80. The van der Waals surface area contributed by atoms with Crippen LogP contribution in [-0.2, 0) is 10.0 Å². The first-order chi connectivity index (χ1) is 9.06. The van der Waals surface area contributed by atoms with Crippen molar-refractivity contribution in [3.63, 3.8) is 0 Å². The number of benzene rings is 2. The lowest BCUT2D eigenvalue weighted by Gasteiger charge is -2.28. The Balaban J connectivity index is 2.06. The van der Waals surface area contributed by atoms with Gasteiger partial charge in [0.15, 0.2) is 0 Å². The highest BCUT2D eigenvalue weighted by atomic mass is 79.9. The van der Waals surface area contributed by atoms with Gasteiger partial charge in [0.25, 0.3) is 0 Å². The Morgan fingerprint density at radius 2 is 1.84 bits per heavy atom. The lowest BCUT2D eigenvalue weighted by molar-refractivity contribution is 0.562. The number of rotatable bonds is 1. The molecule has 0 unspecified atom stereocenters. The largest absolute Gasteiger partial charge is 0.364 e. The Morgan fingerprint density at radius 1 is 1.05 bits per heavy atom. The number of hydrogen-bond acceptors (Lipinski definition) is 3. The standard InChI is InChI=1S/C13H11BrN2O2S/c14-10-5-3-4-9(8-10)13-15-11-6-1-2-7-12(11)19(17,18)16-13/h1-8,13,15-16H/t13-/m0/s1. The maximum absolute atomic E-state index is 12.2. The summed E-state index contributed by atoms with van der Waals surface area (Å²) in [5, 5.41) is 3.18. The molecule has 0 saturated carbocycles. The van der Waals surface area contributed by atoms with Crippen molar-refractivity contribution in [1.29, 1.82) is 0 Å². The summed E-state index contributed by atoms with van der Waals surface area (Å²) in [6.45, 7) is 0. The minimum absolute atomic E-state index is 0.279. The fourth-order valence-corrected chi connectivity index (χ4v) is 3.78. The zero-order valence-corrected chi connectivity index (χ0v) is 12.2. The van der Waals surface area contributed by atoms with Crippen molar-refractivity contribution in [3.05, 3.63) is 58.6 Å². The van der Waals surface area contributed by atoms with E-state index in [1.807, 2.05) is 30.3 Å². The fourth-order valence-electron chi connectivity index (χ4n) is 2.06. The molecule has 2 aromatic carbocycles. The molecular formula is C13H11BrN2O2S. The van der Waals surface area contributed by atoms with E-state index < -0.39 is 16.2 Å². The first kappa shape index (κ1) is 12.7. The fraction of sp³-hybridized carbons (Fsp3) is 0.0769. The Labute approximate surface area is 120 Å². The second-order valence-electron chi connectivity index (χ2n) is 4.25. The molecule has 6 heteroatoms. The Hall–Kier alpha value is -1.37. The summed E-state index contributed by atoms with van der Waals surface area (Å²) in [4.78, 5) is 0.279. The first-order valence-electron chi connectivity index (χ1n) is 5.70. The van der Waals surface area contributed by atoms with E-state index in [9.17, 15) is 8.42 Å². The molecule has 0 radical (unpaired) electrons. The summed E-state index contributed by atoms with van der Waals surface area (Å²) in [6.07, 6.45) is -0.461. The van der Waals surface area contributed by atoms with Gasteiger partial charge in [-0.15, -0.1) is 0 Å². The number of halogens is 1. The molecule has 0 bridgehead atoms. The molecule has 0 amide bonds. The molecule has 4 nitrogen and oxygen atoms in total. The molecule has 1 aliphatic heterocycles. The molecule has 0 spiro atoms. The summed E-state index contributed by atoms with van der Waals surface area (Å²) < 4.78 is 27.9. The maximum atomic E-state index is 12.2. The van der Waals surface area contributed by atoms with Crippen molar-refractivity contribution in [2.45, 2.75) is 11.1 Å². The lowest BCUT2D eigenvalue weighted by atomic mass is 10.1. The van der Waals surface area contributed by atoms with Crippen molar-refractivity contribution in [2.24, 2.45) is 0 Å². The highest BCUT2D eigenvalue weighted by Crippen LogP contribution is 2.31. The van der Waals surface area contributed by atoms with Crippen molar-refractivity contribution in [3.8, 4) is 0 Å². The van der Waals surface area contributed by atoms with Crippen molar-refractivity contribution >= 4 is 31.6 Å². The average molecular weight is 339 g/mol. The van der Waals surface area contributed by atoms with E-state index in [-0.39, 0.29) is 4.90 Å². The third-order valence-corrected chi connectivity index (χ3v) is 4.91. The van der Waals surface area contributed by atoms with Crippen LogP contribution in [0.3, 0.4) is 0 Å². The molecule has 3 rings (SSSR count). The highest BCUT2D eigenvalue weighted by Gasteiger charge is 2.29. The molecular weight excluding hydrogens is 328 g/mol. The topological polar surface area (TPSA) is 58.2 Å². The minimum atomic E-state index is -3.48. The number of fused-ring (bicyclic) bond motifs is 1. The van der Waals surface area contributed by atoms with Gasteiger partial charge in [0.2, 0.25) is 10.0 Å². The molecule has 0 saturated heterocycles. The third kappa shape index (κ3) is 2.39. The molecule has 19 heavy (non-hydrogen) atoms. The highest BCUT2D eigenvalue weighted by molar-refractivity contribution is 9.10. The van der Waals surface area contributed by atoms with Crippen LogP contribution in [0.2, 0.25) is 0 Å². The van der Waals surface area contributed by atoms with Crippen LogP contribution in [-0.4, -0.2) is 8.42 Å². The van der Waals surface area contributed by atoms with E-state index in [2.05, 4.69) is 26.0 Å². The van der Waals surface area contributed by atoms with E-state index in [0.717, 1.165) is 10.0 Å². The molecule has 1 heterocycles. The summed E-state index contributed by atoms with van der Waals surface area (Å²) >= 11 is 3.38. The molecule has 1 atom stereocenters. The van der Waals surface area contributed by atoms with Crippen LogP contribution in [0.5, 0.6) is 0 Å². The average Bonchev–Trinajstić information content (AvgIpc) is 2.38. The van der Waals surface area contributed by atoms with Gasteiger partial charge in [-0.2, -0.15) is 4.72 Å². The van der Waals surface area contributed by atoms with Gasteiger partial charge < -0.3 is 5.32 Å². The minimum Gasteiger partial charge on any atom is -0.364 e. The number of sulfonamides is 1. The number of para-hydroxylation sites is 1. The van der Waals surface area contributed by atoms with Crippen LogP contribution in [0, 0.1) is 0 Å². The third-order valence-electron chi connectivity index (χ3n) is 2.93. The van der Waals surface area contributed by atoms with E-state index in [1.54, 1.807) is 18.2 Å². The molecule has 2 aromatic rings. The van der Waals surface area contributed by atoms with E-state index in [4.69, 9.17) is 0 Å². The van der Waals surface area contributed by atoms with E-state index >= 15 is 0 Å². The predicted molar refractivity (Wildman–Crippen MR) is 77.3 cm³/mol. The molecule has 0 fully saturated rings. The van der Waals surface area contributed by atoms with Crippen LogP contribution in [0.1, 0.15) is 11.7 Å². The lowest BCUT2D eigenvalue weighted by Crippen LogP contribution is -2.38. The molecule has 2 N–H and O–H groups in total. The maximum Gasteiger partial charge on any atom is 0.244 e. The predicted octanol–water partition coefficient (Wildman–Crippen LogP) is 2.85. The Morgan fingerprint density at radius 3 is 2.63 bits per heavy atom. The van der Waals surface area contributed by atoms with E-state index in [1.165, 1.54) is 0 Å². The summed E-state index contributed by atoms with van der Waals surface area (Å²) in [5.74, 6) is 0. The summed E-state index contributed by atoms with van der Waals surface area (Å²) in [7, 11) is -3.48. The molecule has 98 valence electrons. The smallest absolute Gasteiger partial charge is 0.244 e. The van der Waals surface area contributed by atoms with Crippen molar-refractivity contribution < 1.29 is 8.42 Å². The van der Waals surface area contributed by atoms with Crippen LogP contribution in [0.25, 0.3) is 0 Å². The normalized spacial score (nSPS) is 20.4. The van der Waals surface area contributed by atoms with Crippen LogP contribution >= 0.6 is 15.9 Å². The van der Waals surface area contributed by atoms with Crippen LogP contribution in [0.15, 0.2) is 57.9 Å². The molecule has 0 aliphatic carbocycles. The monoisotopic (exact) mass is 338 g/mol. The zero-order chi connectivity index (χ0) is 13.5. The Bertz CT molecular complexity index is 731. The van der Waals surface area contributed by atoms with Crippen molar-refractivity contribution in [2.75, 3.05) is 5.32 Å². The molecule has 1 aliphatic rings. The second-order valence-corrected chi connectivity index (χ2v) is 6.85. The SMILES string of the molecule is O=S1(=O)N[C@@H](c2cccc(Br)c2)Nc2ccccc21. The molecule has 0 aromatic heterocycles. The van der Waals surface area contributed by atoms with Gasteiger partial charge in [-0.1, -0.05) is 40.2 Å². The quantitative estimate of drug-likeness (QED) is 0.840. The van der Waals surface area contributed by atoms with Gasteiger partial charge in [0, 0.05) is 4.47 Å². The van der Waals surface area contributed by atoms with Crippen molar-refractivity contribution in [1.82, 2.24) is 4.72 Å². The summed E-state index contributed by atoms with van der Waals surface area (Å²) in [5.41, 5.74) is 1.47. The van der Waals surface area contributed by atoms with Crippen LogP contribution in [0.4, 0.5) is 5.69 Å². The van der Waals surface area contributed by atoms with Gasteiger partial charge in [-0.3, -0.25) is 0 Å². The van der Waals surface area contributed by atoms with Gasteiger partial charge in [-0.05, 0) is 29.8 Å². The van der Waals surface area contributed by atoms with Gasteiger partial charge in [0.1, 0.15) is 11.1 Å². The number of anilines is 1. The Kier molecular flexibility index (Phi) is 3.08. The second kappa shape index (κ2) is 4.63. The first-order valence-corrected chi connectivity index (χ1v) is 7.97. The van der Waals surface area contributed by atoms with E-state index in [0.29, 0.717) is 5.69 Å². The summed E-state index contributed by atoms with van der Waals surface area (Å²) in [6, 6.07) is 14.4. The number of hydrogen-bond donors (Lipinski definition) is 2. The van der Waals surface area contributed by atoms with Gasteiger partial charge >= 0.3 is 0 Å². The van der Waals surface area contributed by atoms with Gasteiger partial charge in [-0.25, -0.2) is 8.42 Å². The number of nitrogens with one attached hydrogen (secondary N) is 2.